The predicted molar refractivity (Wildman–Crippen MR) is 303 cm³/mol. The van der Waals surface area contributed by atoms with E-state index >= 15 is 0 Å². The van der Waals surface area contributed by atoms with Gasteiger partial charge in [0.15, 0.2) is 0 Å². The summed E-state index contributed by atoms with van der Waals surface area (Å²) in [4.78, 5) is 0. The molecule has 392 valence electrons. The fourth-order valence-corrected chi connectivity index (χ4v) is 13.8. The molecule has 0 atom stereocenters. The van der Waals surface area contributed by atoms with Crippen molar-refractivity contribution < 1.29 is 37.9 Å². The average molecular weight is 1060 g/mol. The Balaban J connectivity index is 1.45. The number of benzene rings is 4. The largest absolute Gasteiger partial charge is 0.457 e. The van der Waals surface area contributed by atoms with Crippen LogP contribution in [0.25, 0.3) is 0 Å². The van der Waals surface area contributed by atoms with Crippen LogP contribution in [-0.4, -0.2) is 27.2 Å². The summed E-state index contributed by atoms with van der Waals surface area (Å²) < 4.78 is 55.4. The summed E-state index contributed by atoms with van der Waals surface area (Å²) in [6.07, 6.45) is 21.7. The molecule has 0 N–H and O–H groups in total. The molecule has 5 aliphatic rings. The average Bonchev–Trinajstić information content (AvgIpc) is 3.37. The highest BCUT2D eigenvalue weighted by Crippen LogP contribution is 2.59. The van der Waals surface area contributed by atoms with Gasteiger partial charge in [-0.15, -0.1) is 0 Å². The molecule has 1 aliphatic carbocycles. The molecule has 0 saturated heterocycles. The summed E-state index contributed by atoms with van der Waals surface area (Å²) >= 11 is 20.5. The highest BCUT2D eigenvalue weighted by molar-refractivity contribution is 7.79. The van der Waals surface area contributed by atoms with E-state index in [1.165, 1.54) is 25.7 Å². The van der Waals surface area contributed by atoms with E-state index in [4.69, 9.17) is 88.4 Å². The minimum Gasteiger partial charge on any atom is -0.457 e. The summed E-state index contributed by atoms with van der Waals surface area (Å²) in [7, 11) is 0. The van der Waals surface area contributed by atoms with E-state index in [1.54, 1.807) is 0 Å². The second kappa shape index (κ2) is 25.5. The van der Waals surface area contributed by atoms with E-state index in [1.807, 2.05) is 0 Å². The number of unbranched alkanes of at least 4 members (excludes halogenated alkanes) is 12. The minimum absolute atomic E-state index is 0.00969. The summed E-state index contributed by atoms with van der Waals surface area (Å²) in [5, 5.41) is 0. The molecule has 9 rings (SSSR count). The van der Waals surface area contributed by atoms with Crippen LogP contribution in [0.2, 0.25) is 0 Å². The Labute approximate surface area is 452 Å². The summed E-state index contributed by atoms with van der Waals surface area (Å²) in [5.41, 5.74) is 13.1. The first kappa shape index (κ1) is 53.5. The number of hydrogen-bond donors (Lipinski definition) is 4. The molecule has 8 bridgehead atoms. The first-order chi connectivity index (χ1) is 35.5. The molecule has 8 nitrogen and oxygen atoms in total. The van der Waals surface area contributed by atoms with Gasteiger partial charge in [0, 0.05) is 113 Å². The molecule has 0 spiro atoms. The topological polar surface area (TPSA) is 73.8 Å². The molecule has 0 aromatic heterocycles. The highest BCUT2D eigenvalue weighted by atomic mass is 32.1. The molecular formula is C60H80O8S4. The van der Waals surface area contributed by atoms with Crippen molar-refractivity contribution in [2.45, 2.75) is 203 Å². The van der Waals surface area contributed by atoms with Gasteiger partial charge in [-0.05, 0) is 49.9 Å². The van der Waals surface area contributed by atoms with E-state index < -0.39 is 0 Å². The fraction of sp³-hybridized carbons (Fsp3) is 0.600. The predicted octanol–water partition coefficient (Wildman–Crippen LogP) is 17.0. The molecule has 0 unspecified atom stereocenters. The van der Waals surface area contributed by atoms with Crippen molar-refractivity contribution in [2.24, 2.45) is 0 Å². The van der Waals surface area contributed by atoms with Gasteiger partial charge in [0.25, 0.3) is 0 Å². The lowest BCUT2D eigenvalue weighted by Crippen LogP contribution is -2.25. The van der Waals surface area contributed by atoms with Gasteiger partial charge in [0.1, 0.15) is 46.0 Å². The van der Waals surface area contributed by atoms with Crippen molar-refractivity contribution in [3.8, 4) is 46.0 Å². The van der Waals surface area contributed by atoms with Gasteiger partial charge in [0.2, 0.25) is 27.2 Å². The maximum Gasteiger partial charge on any atom is 0.230 e. The van der Waals surface area contributed by atoms with Crippen LogP contribution >= 0.6 is 50.5 Å². The standard InChI is InChI=1S/C60H80O8S4/c1-5-9-13-17-21-37-41-25-43-38(22-18-14-10-6-2)45-27-47-40(24-20-16-12-8-4)48-28-46-39(23-19-15-11-7-3)44-26-42(37)54-50(30-70)56(44)64-35-66-58(46)52(32-72)60(48)68-36-67-59(47)51(31-71)57(45)65-34-63-55(43)49(29-69)53(41)61-33-62-54/h25-28,37-40,69-72H,5-24,29-36H2,1-4H3. The van der Waals surface area contributed by atoms with Gasteiger partial charge in [-0.25, -0.2) is 0 Å². The van der Waals surface area contributed by atoms with Crippen molar-refractivity contribution in [3.05, 3.63) is 91.0 Å². The van der Waals surface area contributed by atoms with Crippen LogP contribution < -0.4 is 37.9 Å². The summed E-state index contributed by atoms with van der Waals surface area (Å²) in [5.74, 6) is 7.80. The first-order valence-corrected chi connectivity index (χ1v) is 30.2. The zero-order valence-electron chi connectivity index (χ0n) is 43.5. The quantitative estimate of drug-likeness (QED) is 0.0409. The molecule has 4 aromatic carbocycles. The van der Waals surface area contributed by atoms with Crippen LogP contribution in [0.1, 0.15) is 247 Å². The van der Waals surface area contributed by atoms with Gasteiger partial charge >= 0.3 is 0 Å². The second-order valence-electron chi connectivity index (χ2n) is 20.6. The maximum atomic E-state index is 6.93. The third-order valence-corrected chi connectivity index (χ3v) is 17.4. The van der Waals surface area contributed by atoms with Crippen molar-refractivity contribution in [1.82, 2.24) is 0 Å². The van der Waals surface area contributed by atoms with Crippen molar-refractivity contribution in [3.63, 3.8) is 0 Å². The lowest BCUT2D eigenvalue weighted by molar-refractivity contribution is 0.0953. The Bertz CT molecular complexity index is 2050. The van der Waals surface area contributed by atoms with E-state index in [9.17, 15) is 0 Å². The van der Waals surface area contributed by atoms with Gasteiger partial charge in [-0.3, -0.25) is 0 Å². The Morgan fingerprint density at radius 3 is 0.625 bits per heavy atom. The summed E-state index contributed by atoms with van der Waals surface area (Å²) in [6.45, 7) is 9.17. The zero-order chi connectivity index (χ0) is 50.1. The van der Waals surface area contributed by atoms with E-state index in [2.05, 4.69) is 52.0 Å². The molecule has 0 amide bonds. The van der Waals surface area contributed by atoms with Crippen molar-refractivity contribution in [2.75, 3.05) is 27.2 Å². The van der Waals surface area contributed by atoms with Crippen LogP contribution in [0.4, 0.5) is 0 Å². The van der Waals surface area contributed by atoms with E-state index in [-0.39, 0.29) is 50.8 Å². The van der Waals surface area contributed by atoms with Crippen LogP contribution in [0.15, 0.2) is 24.3 Å². The minimum atomic E-state index is -0.0755. The molecule has 0 fully saturated rings. The Kier molecular flexibility index (Phi) is 18.9. The van der Waals surface area contributed by atoms with Crippen LogP contribution in [-0.2, 0) is 23.0 Å². The lowest BCUT2D eigenvalue weighted by Gasteiger charge is -2.37. The molecule has 0 saturated carbocycles. The zero-order valence-corrected chi connectivity index (χ0v) is 47.1. The van der Waals surface area contributed by atoms with Gasteiger partial charge in [0.05, 0.1) is 0 Å². The SMILES string of the molecule is CCCCCCC1c2cc3c4c(CS)c2OCOc2c1cc1c(c2CS)OCOc2c(cc5c(c2CS)OCOc2c(cc(c(c2CS)OCO4)C3CCCCCC)C5CCCCCC)C1CCCCCC. The number of ether oxygens (including phenoxy) is 8. The molecule has 4 aromatic rings. The molecule has 72 heavy (non-hydrogen) atoms. The van der Waals surface area contributed by atoms with Crippen molar-refractivity contribution in [1.29, 1.82) is 0 Å². The highest BCUT2D eigenvalue weighted by Gasteiger charge is 2.41. The van der Waals surface area contributed by atoms with E-state index in [0.29, 0.717) is 23.0 Å². The number of hydrogen-bond acceptors (Lipinski definition) is 12. The molecular weight excluding hydrogens is 977 g/mol. The Morgan fingerprint density at radius 2 is 0.472 bits per heavy atom. The second-order valence-corrected chi connectivity index (χ2v) is 21.9. The number of rotatable bonds is 24. The van der Waals surface area contributed by atoms with Crippen LogP contribution in [0, 0.1) is 0 Å². The fourth-order valence-electron chi connectivity index (χ4n) is 12.6. The van der Waals surface area contributed by atoms with Crippen LogP contribution in [0.5, 0.6) is 46.0 Å². The third kappa shape index (κ3) is 10.6. The molecule has 4 heterocycles. The van der Waals surface area contributed by atoms with E-state index in [0.717, 1.165) is 215 Å². The van der Waals surface area contributed by atoms with Crippen molar-refractivity contribution >= 4 is 50.5 Å². The molecule has 12 heteroatoms. The van der Waals surface area contributed by atoms with Gasteiger partial charge < -0.3 is 37.9 Å². The third-order valence-electron chi connectivity index (χ3n) is 16.2. The maximum absolute atomic E-state index is 6.93. The molecule has 0 radical (unpaired) electrons. The normalized spacial score (nSPS) is 18.9. The van der Waals surface area contributed by atoms with Gasteiger partial charge in [-0.2, -0.15) is 50.5 Å². The Hall–Kier alpha value is -3.32. The molecule has 4 aliphatic heterocycles. The first-order valence-electron chi connectivity index (χ1n) is 27.7. The monoisotopic (exact) mass is 1060 g/mol. The van der Waals surface area contributed by atoms with Crippen LogP contribution in [0.3, 0.4) is 0 Å². The Morgan fingerprint density at radius 1 is 0.292 bits per heavy atom. The summed E-state index contributed by atoms with van der Waals surface area (Å²) in [6, 6.07) is 9.86. The number of thiol groups is 4. The smallest absolute Gasteiger partial charge is 0.230 e. The lowest BCUT2D eigenvalue weighted by atomic mass is 9.74. The van der Waals surface area contributed by atoms with Gasteiger partial charge in [-0.1, -0.05) is 130 Å².